The van der Waals surface area contributed by atoms with Crippen LogP contribution in [-0.4, -0.2) is 28.9 Å². The molecule has 1 fully saturated rings. The lowest BCUT2D eigenvalue weighted by atomic mass is 9.86. The van der Waals surface area contributed by atoms with Crippen molar-refractivity contribution in [3.8, 4) is 0 Å². The molecule has 0 spiro atoms. The molecule has 0 radical (unpaired) electrons. The van der Waals surface area contributed by atoms with Gasteiger partial charge in [0.1, 0.15) is 0 Å². The maximum Gasteiger partial charge on any atom is 0.232 e. The van der Waals surface area contributed by atoms with Gasteiger partial charge in [0.05, 0.1) is 10.9 Å². The summed E-state index contributed by atoms with van der Waals surface area (Å²) in [7, 11) is 1.89. The Hall–Kier alpha value is -0.640. The maximum absolute atomic E-state index is 12.3. The van der Waals surface area contributed by atoms with Crippen LogP contribution in [0, 0.1) is 11.8 Å². The van der Waals surface area contributed by atoms with Crippen LogP contribution in [0.15, 0.2) is 0 Å². The second-order valence-electron chi connectivity index (χ2n) is 5.23. The van der Waals surface area contributed by atoms with Gasteiger partial charge >= 0.3 is 0 Å². The van der Waals surface area contributed by atoms with E-state index in [1.165, 1.54) is 12.8 Å². The van der Waals surface area contributed by atoms with Crippen LogP contribution in [-0.2, 0) is 4.79 Å². The lowest BCUT2D eigenvalue weighted by Gasteiger charge is -2.35. The average molecular weight is 256 g/mol. The third kappa shape index (κ3) is 3.66. The molecule has 0 aliphatic heterocycles. The molecule has 0 saturated heterocycles. The van der Waals surface area contributed by atoms with Crippen LogP contribution >= 0.6 is 12.2 Å². The Morgan fingerprint density at radius 2 is 1.94 bits per heavy atom. The minimum absolute atomic E-state index is 0.0968. The summed E-state index contributed by atoms with van der Waals surface area (Å²) in [4.78, 5) is 14.5. The Kier molecular flexibility index (Phi) is 5.37. The smallest absolute Gasteiger partial charge is 0.232 e. The van der Waals surface area contributed by atoms with Crippen molar-refractivity contribution < 1.29 is 4.79 Å². The van der Waals surface area contributed by atoms with Gasteiger partial charge in [-0.3, -0.25) is 4.79 Å². The topological polar surface area (TPSA) is 46.3 Å². The molecule has 2 N–H and O–H groups in total. The normalized spacial score (nSPS) is 26.3. The third-order valence-electron chi connectivity index (χ3n) is 3.93. The Morgan fingerprint density at radius 1 is 1.41 bits per heavy atom. The number of amides is 1. The monoisotopic (exact) mass is 256 g/mol. The maximum atomic E-state index is 12.3. The zero-order valence-corrected chi connectivity index (χ0v) is 11.9. The predicted octanol–water partition coefficient (Wildman–Crippen LogP) is 2.34. The van der Waals surface area contributed by atoms with Gasteiger partial charge in [-0.25, -0.2) is 0 Å². The minimum atomic E-state index is -0.283. The van der Waals surface area contributed by atoms with Crippen molar-refractivity contribution in [3.05, 3.63) is 0 Å². The van der Waals surface area contributed by atoms with Gasteiger partial charge < -0.3 is 10.6 Å². The molecule has 1 saturated carbocycles. The summed E-state index contributed by atoms with van der Waals surface area (Å²) in [5, 5.41) is 0. The molecule has 4 heteroatoms. The molecule has 0 aromatic heterocycles. The van der Waals surface area contributed by atoms with Crippen LogP contribution in [0.1, 0.15) is 46.0 Å². The van der Waals surface area contributed by atoms with Crippen LogP contribution < -0.4 is 5.73 Å². The summed E-state index contributed by atoms with van der Waals surface area (Å²) in [6.45, 7) is 4.24. The van der Waals surface area contributed by atoms with E-state index in [0.717, 1.165) is 18.8 Å². The highest BCUT2D eigenvalue weighted by Gasteiger charge is 2.29. The Labute approximate surface area is 110 Å². The van der Waals surface area contributed by atoms with Gasteiger partial charge in [0.2, 0.25) is 5.91 Å². The average Bonchev–Trinajstić information content (AvgIpc) is 2.29. The first kappa shape index (κ1) is 14.4. The van der Waals surface area contributed by atoms with Crippen LogP contribution in [0.2, 0.25) is 0 Å². The molecule has 0 aromatic rings. The molecule has 17 heavy (non-hydrogen) atoms. The fourth-order valence-electron chi connectivity index (χ4n) is 2.55. The summed E-state index contributed by atoms with van der Waals surface area (Å²) in [5.74, 6) is 0.612. The number of carbonyl (C=O) groups is 1. The highest BCUT2D eigenvalue weighted by atomic mass is 32.1. The molecular weight excluding hydrogens is 232 g/mol. The molecule has 3 nitrogen and oxygen atoms in total. The van der Waals surface area contributed by atoms with E-state index in [-0.39, 0.29) is 11.8 Å². The largest absolute Gasteiger partial charge is 0.393 e. The van der Waals surface area contributed by atoms with Gasteiger partial charge in [0, 0.05) is 13.1 Å². The van der Waals surface area contributed by atoms with Crippen molar-refractivity contribution in [2.24, 2.45) is 17.6 Å². The van der Waals surface area contributed by atoms with Gasteiger partial charge in [-0.05, 0) is 38.0 Å². The first-order chi connectivity index (χ1) is 7.97. The fraction of sp³-hybridized carbons (Fsp3) is 0.846. The standard InChI is InChI=1S/C13H24N2OS/c1-4-11(12(14)17)13(16)15(3)10-7-5-9(2)6-8-10/h9-11H,4-8H2,1-3H3,(H2,14,17). The molecule has 1 atom stereocenters. The molecular formula is C13H24N2OS. The number of hydrogen-bond donors (Lipinski definition) is 1. The fourth-order valence-corrected chi connectivity index (χ4v) is 2.82. The molecule has 0 heterocycles. The molecule has 1 aliphatic carbocycles. The van der Waals surface area contributed by atoms with E-state index < -0.39 is 0 Å². The summed E-state index contributed by atoms with van der Waals surface area (Å²) in [6.07, 6.45) is 5.34. The van der Waals surface area contributed by atoms with Crippen molar-refractivity contribution in [1.82, 2.24) is 4.90 Å². The van der Waals surface area contributed by atoms with E-state index in [4.69, 9.17) is 18.0 Å². The Bertz CT molecular complexity index is 285. The Balaban J connectivity index is 2.59. The van der Waals surface area contributed by atoms with E-state index in [1.807, 2.05) is 18.9 Å². The van der Waals surface area contributed by atoms with E-state index in [0.29, 0.717) is 17.5 Å². The zero-order valence-electron chi connectivity index (χ0n) is 11.1. The summed E-state index contributed by atoms with van der Waals surface area (Å²) in [6, 6.07) is 0.377. The van der Waals surface area contributed by atoms with Gasteiger partial charge in [-0.1, -0.05) is 26.1 Å². The molecule has 1 unspecified atom stereocenters. The number of rotatable bonds is 4. The summed E-state index contributed by atoms with van der Waals surface area (Å²) >= 11 is 4.96. The molecule has 1 rings (SSSR count). The lowest BCUT2D eigenvalue weighted by Crippen LogP contribution is -2.45. The highest BCUT2D eigenvalue weighted by molar-refractivity contribution is 7.80. The molecule has 0 aromatic carbocycles. The van der Waals surface area contributed by atoms with E-state index in [1.54, 1.807) is 0 Å². The predicted molar refractivity (Wildman–Crippen MR) is 74.8 cm³/mol. The SMILES string of the molecule is CCC(C(=O)N(C)C1CCC(C)CC1)C(N)=S. The van der Waals surface area contributed by atoms with Gasteiger partial charge in [-0.2, -0.15) is 0 Å². The van der Waals surface area contributed by atoms with Crippen molar-refractivity contribution in [2.45, 2.75) is 52.0 Å². The third-order valence-corrected chi connectivity index (χ3v) is 4.22. The molecule has 98 valence electrons. The van der Waals surface area contributed by atoms with Gasteiger partial charge in [0.25, 0.3) is 0 Å². The van der Waals surface area contributed by atoms with E-state index >= 15 is 0 Å². The molecule has 1 aliphatic rings. The first-order valence-corrected chi connectivity index (χ1v) is 6.94. The van der Waals surface area contributed by atoms with Crippen LogP contribution in [0.5, 0.6) is 0 Å². The van der Waals surface area contributed by atoms with Gasteiger partial charge in [-0.15, -0.1) is 0 Å². The molecule has 1 amide bonds. The summed E-state index contributed by atoms with van der Waals surface area (Å²) < 4.78 is 0. The molecule has 0 bridgehead atoms. The second-order valence-corrected chi connectivity index (χ2v) is 5.70. The number of nitrogens with two attached hydrogens (primary N) is 1. The van der Waals surface area contributed by atoms with Crippen LogP contribution in [0.4, 0.5) is 0 Å². The lowest BCUT2D eigenvalue weighted by molar-refractivity contribution is -0.134. The quantitative estimate of drug-likeness (QED) is 0.785. The van der Waals surface area contributed by atoms with Crippen LogP contribution in [0.3, 0.4) is 0 Å². The van der Waals surface area contributed by atoms with Crippen molar-refractivity contribution in [1.29, 1.82) is 0 Å². The Morgan fingerprint density at radius 3 is 2.35 bits per heavy atom. The van der Waals surface area contributed by atoms with Crippen LogP contribution in [0.25, 0.3) is 0 Å². The summed E-state index contributed by atoms with van der Waals surface area (Å²) in [5.41, 5.74) is 5.62. The number of hydrogen-bond acceptors (Lipinski definition) is 2. The second kappa shape index (κ2) is 6.34. The van der Waals surface area contributed by atoms with E-state index in [9.17, 15) is 4.79 Å². The number of carbonyl (C=O) groups excluding carboxylic acids is 1. The minimum Gasteiger partial charge on any atom is -0.393 e. The van der Waals surface area contributed by atoms with Crippen molar-refractivity contribution in [3.63, 3.8) is 0 Å². The van der Waals surface area contributed by atoms with E-state index in [2.05, 4.69) is 6.92 Å². The zero-order chi connectivity index (χ0) is 13.0. The number of thiocarbonyl (C=S) groups is 1. The first-order valence-electron chi connectivity index (χ1n) is 6.53. The van der Waals surface area contributed by atoms with Gasteiger partial charge in [0.15, 0.2) is 0 Å². The number of nitrogens with zero attached hydrogens (tertiary/aromatic N) is 1. The highest BCUT2D eigenvalue weighted by Crippen LogP contribution is 2.27. The van der Waals surface area contributed by atoms with Crippen molar-refractivity contribution >= 4 is 23.1 Å². The van der Waals surface area contributed by atoms with Crippen molar-refractivity contribution in [2.75, 3.05) is 7.05 Å².